The number of alkyl halides is 1. The molecule has 1 fully saturated rings. The van der Waals surface area contributed by atoms with E-state index >= 15 is 0 Å². The molecule has 0 nitrogen and oxygen atoms in total. The van der Waals surface area contributed by atoms with Crippen LogP contribution >= 0.6 is 0 Å². The minimum absolute atomic E-state index is 0.503. The van der Waals surface area contributed by atoms with Crippen LogP contribution in [-0.4, -0.2) is 6.17 Å². The van der Waals surface area contributed by atoms with Gasteiger partial charge in [-0.25, -0.2) is 4.39 Å². The Morgan fingerprint density at radius 1 is 0.909 bits per heavy atom. The molecule has 1 aromatic carbocycles. The molecular formula is C43H73F. The van der Waals surface area contributed by atoms with Gasteiger partial charge >= 0.3 is 0 Å². The van der Waals surface area contributed by atoms with Crippen LogP contribution in [-0.2, 0) is 0 Å². The minimum atomic E-state index is -0.777. The van der Waals surface area contributed by atoms with E-state index in [1.54, 1.807) is 6.92 Å². The summed E-state index contributed by atoms with van der Waals surface area (Å²) in [7, 11) is 0. The van der Waals surface area contributed by atoms with Gasteiger partial charge in [-0.3, -0.25) is 0 Å². The normalized spacial score (nSPS) is 14.0. The van der Waals surface area contributed by atoms with E-state index < -0.39 is 6.17 Å². The first-order valence-electron chi connectivity index (χ1n) is 17.2. The van der Waals surface area contributed by atoms with Crippen molar-refractivity contribution in [1.29, 1.82) is 0 Å². The Balaban J connectivity index is -0.000000533. The highest BCUT2D eigenvalue weighted by Crippen LogP contribution is 2.59. The Kier molecular flexibility index (Phi) is 27.1. The monoisotopic (exact) mass is 609 g/mol. The van der Waals surface area contributed by atoms with Crippen LogP contribution in [0.4, 0.5) is 4.39 Å². The van der Waals surface area contributed by atoms with Crippen LogP contribution in [0.15, 0.2) is 83.5 Å². The van der Waals surface area contributed by atoms with E-state index in [0.717, 1.165) is 28.0 Å². The Morgan fingerprint density at radius 3 is 1.59 bits per heavy atom. The first-order chi connectivity index (χ1) is 20.5. The SMILES string of the molecule is C=C(C)/C=C\C(CC(C)F)=C(/C)CC.C=C(C)C1(CC(C)(CCC)CCC)CC1.C=c1ccccc1=C.CC.CC=C(C)C. The van der Waals surface area contributed by atoms with Crippen LogP contribution in [0.2, 0.25) is 0 Å². The second-order valence-electron chi connectivity index (χ2n) is 13.0. The standard InChI is InChI=1S/C15H28.C13H21F.C8H8.C5H10.C2H6/c1-6-8-14(5,9-7-2)12-15(10-11-15)13(3)4;1-6-11(4)13(9-12(5)14)8-7-10(2)3;1-7-5-3-4-6-8(7)2;1-4-5(2)3;1-2/h3,6-12H2,1-2,4-5H3;7-8,12H,2,6,9H2,1,3-5H3;3-6H,1-2H2;4H,1-3H3;1-2H3/b;8-7-,13-11-;;;. The van der Waals surface area contributed by atoms with Gasteiger partial charge in [0.15, 0.2) is 0 Å². The molecule has 44 heavy (non-hydrogen) atoms. The first kappa shape index (κ1) is 46.0. The molecule has 0 heterocycles. The third-order valence-electron chi connectivity index (χ3n) is 8.08. The Bertz CT molecular complexity index is 1060. The summed E-state index contributed by atoms with van der Waals surface area (Å²) in [6, 6.07) is 7.80. The van der Waals surface area contributed by atoms with E-state index in [2.05, 4.69) is 87.8 Å². The van der Waals surface area contributed by atoms with Crippen LogP contribution < -0.4 is 10.4 Å². The van der Waals surface area contributed by atoms with Gasteiger partial charge in [0.1, 0.15) is 6.17 Å². The molecule has 1 aromatic rings. The van der Waals surface area contributed by atoms with Crippen molar-refractivity contribution < 1.29 is 4.39 Å². The van der Waals surface area contributed by atoms with Crippen molar-refractivity contribution in [1.82, 2.24) is 0 Å². The molecule has 252 valence electrons. The van der Waals surface area contributed by atoms with Crippen molar-refractivity contribution in [3.05, 3.63) is 94.0 Å². The zero-order valence-corrected chi connectivity index (χ0v) is 31.7. The average molecular weight is 609 g/mol. The number of benzene rings is 1. The zero-order chi connectivity index (χ0) is 34.9. The van der Waals surface area contributed by atoms with E-state index in [9.17, 15) is 4.39 Å². The van der Waals surface area contributed by atoms with E-state index in [0.29, 0.717) is 17.3 Å². The summed E-state index contributed by atoms with van der Waals surface area (Å²) in [5.74, 6) is 0. The molecule has 0 radical (unpaired) electrons. The van der Waals surface area contributed by atoms with Gasteiger partial charge in [-0.1, -0.05) is 145 Å². The highest BCUT2D eigenvalue weighted by atomic mass is 19.1. The number of allylic oxidation sites excluding steroid dienone is 8. The fourth-order valence-electron chi connectivity index (χ4n) is 4.95. The topological polar surface area (TPSA) is 0 Å². The largest absolute Gasteiger partial charge is 0.247 e. The predicted molar refractivity (Wildman–Crippen MR) is 204 cm³/mol. The third kappa shape index (κ3) is 23.0. The van der Waals surface area contributed by atoms with Gasteiger partial charge in [0.25, 0.3) is 0 Å². The molecular weight excluding hydrogens is 535 g/mol. The molecule has 0 saturated heterocycles. The van der Waals surface area contributed by atoms with E-state index in [4.69, 9.17) is 0 Å². The third-order valence-corrected chi connectivity index (χ3v) is 8.08. The molecule has 0 bridgehead atoms. The number of halogens is 1. The van der Waals surface area contributed by atoms with Crippen molar-refractivity contribution in [2.45, 2.75) is 154 Å². The van der Waals surface area contributed by atoms with Crippen molar-refractivity contribution in [2.24, 2.45) is 10.8 Å². The summed E-state index contributed by atoms with van der Waals surface area (Å²) in [4.78, 5) is 0. The molecule has 1 aliphatic carbocycles. The maximum atomic E-state index is 12.9. The smallest absolute Gasteiger partial charge is 0.101 e. The van der Waals surface area contributed by atoms with Gasteiger partial charge < -0.3 is 0 Å². The van der Waals surface area contributed by atoms with E-state index in [1.165, 1.54) is 61.7 Å². The lowest BCUT2D eigenvalue weighted by molar-refractivity contribution is 0.203. The van der Waals surface area contributed by atoms with Crippen LogP contribution in [0.3, 0.4) is 0 Å². The lowest BCUT2D eigenvalue weighted by Crippen LogP contribution is -2.22. The maximum Gasteiger partial charge on any atom is 0.101 e. The molecule has 1 saturated carbocycles. The fraction of sp³-hybridized carbons (Fsp3) is 0.581. The van der Waals surface area contributed by atoms with Crippen LogP contribution in [0.5, 0.6) is 0 Å². The minimum Gasteiger partial charge on any atom is -0.247 e. The second-order valence-corrected chi connectivity index (χ2v) is 13.0. The zero-order valence-electron chi connectivity index (χ0n) is 31.7. The molecule has 0 amide bonds. The Morgan fingerprint density at radius 2 is 1.34 bits per heavy atom. The quantitative estimate of drug-likeness (QED) is 0.164. The second kappa shape index (κ2) is 25.9. The highest BCUT2D eigenvalue weighted by Gasteiger charge is 2.47. The molecule has 1 unspecified atom stereocenters. The molecule has 2 rings (SSSR count). The molecule has 0 aromatic heterocycles. The summed E-state index contributed by atoms with van der Waals surface area (Å²) in [5, 5.41) is 2.01. The van der Waals surface area contributed by atoms with Crippen molar-refractivity contribution in [3.8, 4) is 0 Å². The lowest BCUT2D eigenvalue weighted by atomic mass is 9.71. The average Bonchev–Trinajstić information content (AvgIpc) is 3.74. The van der Waals surface area contributed by atoms with E-state index in [1.807, 2.05) is 64.1 Å². The number of hydrogen-bond acceptors (Lipinski definition) is 0. The molecule has 0 spiro atoms. The van der Waals surface area contributed by atoms with Gasteiger partial charge in [0.2, 0.25) is 0 Å². The Labute approximate surface area is 275 Å². The number of hydrogen-bond donors (Lipinski definition) is 0. The van der Waals surface area contributed by atoms with Gasteiger partial charge in [-0.15, -0.1) is 0 Å². The molecule has 1 aliphatic rings. The summed E-state index contributed by atoms with van der Waals surface area (Å²) >= 11 is 0. The lowest BCUT2D eigenvalue weighted by Gasteiger charge is -2.34. The summed E-state index contributed by atoms with van der Waals surface area (Å²) in [6.45, 7) is 42.7. The van der Waals surface area contributed by atoms with Gasteiger partial charge in [-0.2, -0.15) is 0 Å². The van der Waals surface area contributed by atoms with Crippen LogP contribution in [0.25, 0.3) is 13.2 Å². The van der Waals surface area contributed by atoms with Gasteiger partial charge in [0, 0.05) is 6.42 Å². The predicted octanol–water partition coefficient (Wildman–Crippen LogP) is 13.4. The molecule has 0 aliphatic heterocycles. The van der Waals surface area contributed by atoms with Crippen molar-refractivity contribution >= 4 is 13.2 Å². The van der Waals surface area contributed by atoms with Gasteiger partial charge in [-0.05, 0) is 114 Å². The summed E-state index contributed by atoms with van der Waals surface area (Å²) in [5.41, 5.74) is 7.28. The van der Waals surface area contributed by atoms with Crippen LogP contribution in [0.1, 0.15) is 148 Å². The number of rotatable bonds is 12. The van der Waals surface area contributed by atoms with E-state index in [-0.39, 0.29) is 0 Å². The summed E-state index contributed by atoms with van der Waals surface area (Å²) < 4.78 is 12.9. The molecule has 1 heteroatoms. The van der Waals surface area contributed by atoms with Gasteiger partial charge in [0.05, 0.1) is 0 Å². The van der Waals surface area contributed by atoms with Crippen LogP contribution in [0, 0.1) is 10.8 Å². The van der Waals surface area contributed by atoms with Crippen molar-refractivity contribution in [3.63, 3.8) is 0 Å². The highest BCUT2D eigenvalue weighted by molar-refractivity contribution is 5.29. The summed E-state index contributed by atoms with van der Waals surface area (Å²) in [6.07, 6.45) is 16.3. The molecule has 1 atom stereocenters. The van der Waals surface area contributed by atoms with Crippen molar-refractivity contribution in [2.75, 3.05) is 0 Å². The first-order valence-corrected chi connectivity index (χ1v) is 17.2. The molecule has 0 N–H and O–H groups in total. The maximum absolute atomic E-state index is 12.9. The fourth-order valence-corrected chi connectivity index (χ4v) is 4.95. The Hall–Kier alpha value is -2.41.